The summed E-state index contributed by atoms with van der Waals surface area (Å²) in [7, 11) is 0. The van der Waals surface area contributed by atoms with Gasteiger partial charge in [0.2, 0.25) is 0 Å². The van der Waals surface area contributed by atoms with Crippen molar-refractivity contribution in [1.82, 2.24) is 0 Å². The van der Waals surface area contributed by atoms with Crippen molar-refractivity contribution in [3.8, 4) is 0 Å². The minimum atomic E-state index is 0.193. The van der Waals surface area contributed by atoms with E-state index in [0.29, 0.717) is 0 Å². The maximum Gasteiger partial charge on any atom is -0.0132 e. The first-order valence-electron chi connectivity index (χ1n) is 7.21. The number of rotatable bonds is 1. The van der Waals surface area contributed by atoms with Crippen LogP contribution in [0.1, 0.15) is 64.7 Å². The second kappa shape index (κ2) is 4.67. The number of benzene rings is 1. The topological polar surface area (TPSA) is 0 Å². The molecule has 0 bridgehead atoms. The molecule has 0 aliphatic heterocycles. The Hall–Kier alpha value is -1.30. The molecule has 0 N–H and O–H groups in total. The Morgan fingerprint density at radius 2 is 1.32 bits per heavy atom. The molecule has 0 saturated carbocycles. The molecule has 2 rings (SSSR count). The lowest BCUT2D eigenvalue weighted by Gasteiger charge is -2.26. The smallest absolute Gasteiger partial charge is 0.0132 e. The Bertz CT molecular complexity index is 496. The predicted molar refractivity (Wildman–Crippen MR) is 85.6 cm³/mol. The Morgan fingerprint density at radius 3 is 1.68 bits per heavy atom. The van der Waals surface area contributed by atoms with Crippen molar-refractivity contribution in [2.24, 2.45) is 0 Å². The summed E-state index contributed by atoms with van der Waals surface area (Å²) in [5.41, 5.74) is 5.98. The Morgan fingerprint density at radius 1 is 0.789 bits per heavy atom. The summed E-state index contributed by atoms with van der Waals surface area (Å²) in [6.07, 6.45) is 7.86. The fourth-order valence-electron chi connectivity index (χ4n) is 2.33. The molecule has 0 unspecified atom stereocenters. The van der Waals surface area contributed by atoms with Gasteiger partial charge in [-0.3, -0.25) is 0 Å². The minimum absolute atomic E-state index is 0.193. The van der Waals surface area contributed by atoms with Crippen LogP contribution in [0.2, 0.25) is 0 Å². The first kappa shape index (κ1) is 14.1. The van der Waals surface area contributed by atoms with E-state index >= 15 is 0 Å². The molecule has 0 nitrogen and oxygen atoms in total. The molecule has 0 atom stereocenters. The Kier molecular flexibility index (Phi) is 3.47. The lowest BCUT2D eigenvalue weighted by molar-refractivity contribution is 0.568. The van der Waals surface area contributed by atoms with Gasteiger partial charge in [0.15, 0.2) is 0 Å². The molecule has 1 aliphatic rings. The van der Waals surface area contributed by atoms with E-state index < -0.39 is 0 Å². The first-order chi connectivity index (χ1) is 8.68. The second-order valence-electron chi connectivity index (χ2n) is 7.60. The van der Waals surface area contributed by atoms with E-state index in [1.165, 1.54) is 22.3 Å². The van der Waals surface area contributed by atoms with Crippen LogP contribution in [0.25, 0.3) is 5.57 Å². The van der Waals surface area contributed by atoms with Crippen LogP contribution in [0.3, 0.4) is 0 Å². The van der Waals surface area contributed by atoms with Crippen molar-refractivity contribution < 1.29 is 0 Å². The number of hydrogen-bond acceptors (Lipinski definition) is 0. The molecule has 1 aromatic carbocycles. The van der Waals surface area contributed by atoms with Crippen LogP contribution >= 0.6 is 0 Å². The fraction of sp³-hybridized carbons (Fsp3) is 0.474. The van der Waals surface area contributed by atoms with Gasteiger partial charge in [0.25, 0.3) is 0 Å². The average molecular weight is 254 g/mol. The van der Waals surface area contributed by atoms with Crippen molar-refractivity contribution in [3.05, 3.63) is 53.1 Å². The molecule has 102 valence electrons. The van der Waals surface area contributed by atoms with Crippen molar-refractivity contribution in [2.45, 2.75) is 58.8 Å². The van der Waals surface area contributed by atoms with E-state index in [-0.39, 0.29) is 10.8 Å². The first-order valence-corrected chi connectivity index (χ1v) is 7.21. The van der Waals surface area contributed by atoms with Crippen LogP contribution in [0.4, 0.5) is 0 Å². The van der Waals surface area contributed by atoms with Crippen LogP contribution in [0, 0.1) is 0 Å². The lowest BCUT2D eigenvalue weighted by Crippen LogP contribution is -2.16. The largest absolute Gasteiger partial charge is 0.0801 e. The molecule has 0 heteroatoms. The summed E-state index contributed by atoms with van der Waals surface area (Å²) in [5, 5.41) is 0. The van der Waals surface area contributed by atoms with E-state index in [1.54, 1.807) is 0 Å². The quantitative estimate of drug-likeness (QED) is 0.609. The summed E-state index contributed by atoms with van der Waals surface area (Å²) in [6, 6.07) is 7.09. The van der Waals surface area contributed by atoms with Crippen LogP contribution < -0.4 is 0 Å². The third kappa shape index (κ3) is 3.18. The monoisotopic (exact) mass is 254 g/mol. The highest BCUT2D eigenvalue weighted by Gasteiger charge is 2.21. The van der Waals surface area contributed by atoms with E-state index in [2.05, 4.69) is 78.0 Å². The molecule has 0 amide bonds. The average Bonchev–Trinajstić information content (AvgIpc) is 2.79. The summed E-state index contributed by atoms with van der Waals surface area (Å²) in [5.74, 6) is 0. The van der Waals surface area contributed by atoms with Gasteiger partial charge >= 0.3 is 0 Å². The van der Waals surface area contributed by atoms with E-state index in [1.807, 2.05) is 0 Å². The number of allylic oxidation sites excluding steroid dienone is 4. The zero-order valence-electron chi connectivity index (χ0n) is 13.2. The zero-order valence-corrected chi connectivity index (χ0v) is 13.2. The third-order valence-electron chi connectivity index (χ3n) is 3.77. The summed E-state index contributed by atoms with van der Waals surface area (Å²) in [6.45, 7) is 13.7. The lowest BCUT2D eigenvalue weighted by atomic mass is 9.79. The van der Waals surface area contributed by atoms with Gasteiger partial charge < -0.3 is 0 Å². The molecule has 0 fully saturated rings. The molecule has 0 heterocycles. The maximum absolute atomic E-state index is 2.38. The standard InChI is InChI=1S/C19H26/c1-18(2,3)16-11-15(14-9-7-8-10-14)12-17(13-16)19(4,5)6/h7,9-13H,8H2,1-6H3. The maximum atomic E-state index is 2.38. The highest BCUT2D eigenvalue weighted by atomic mass is 14.3. The summed E-state index contributed by atoms with van der Waals surface area (Å²) < 4.78 is 0. The Labute approximate surface area is 118 Å². The normalized spacial score (nSPS) is 15.8. The van der Waals surface area contributed by atoms with Gasteiger partial charge in [-0.2, -0.15) is 0 Å². The molecular weight excluding hydrogens is 228 g/mol. The van der Waals surface area contributed by atoms with Crippen LogP contribution in [-0.2, 0) is 10.8 Å². The molecule has 0 saturated heterocycles. The molecular formula is C19H26. The summed E-state index contributed by atoms with van der Waals surface area (Å²) >= 11 is 0. The molecule has 19 heavy (non-hydrogen) atoms. The second-order valence-corrected chi connectivity index (χ2v) is 7.60. The number of hydrogen-bond donors (Lipinski definition) is 0. The zero-order chi connectivity index (χ0) is 14.3. The van der Waals surface area contributed by atoms with E-state index in [4.69, 9.17) is 0 Å². The molecule has 1 aliphatic carbocycles. The van der Waals surface area contributed by atoms with Gasteiger partial charge in [-0.1, -0.05) is 78.0 Å². The van der Waals surface area contributed by atoms with Gasteiger partial charge in [-0.25, -0.2) is 0 Å². The highest BCUT2D eigenvalue weighted by molar-refractivity contribution is 5.77. The van der Waals surface area contributed by atoms with Gasteiger partial charge in [0.05, 0.1) is 0 Å². The van der Waals surface area contributed by atoms with Crippen molar-refractivity contribution in [3.63, 3.8) is 0 Å². The highest BCUT2D eigenvalue weighted by Crippen LogP contribution is 2.33. The molecule has 0 aromatic heterocycles. The predicted octanol–water partition coefficient (Wildman–Crippen LogP) is 5.62. The van der Waals surface area contributed by atoms with Gasteiger partial charge in [-0.15, -0.1) is 0 Å². The minimum Gasteiger partial charge on any atom is -0.0801 e. The van der Waals surface area contributed by atoms with Crippen LogP contribution in [-0.4, -0.2) is 0 Å². The molecule has 1 aromatic rings. The van der Waals surface area contributed by atoms with Gasteiger partial charge in [0.1, 0.15) is 0 Å². The van der Waals surface area contributed by atoms with E-state index in [0.717, 1.165) is 6.42 Å². The summed E-state index contributed by atoms with van der Waals surface area (Å²) in [4.78, 5) is 0. The van der Waals surface area contributed by atoms with Crippen LogP contribution in [0.5, 0.6) is 0 Å². The van der Waals surface area contributed by atoms with Crippen molar-refractivity contribution in [1.29, 1.82) is 0 Å². The van der Waals surface area contributed by atoms with Gasteiger partial charge in [-0.05, 0) is 39.5 Å². The molecule has 0 radical (unpaired) electrons. The van der Waals surface area contributed by atoms with Crippen LogP contribution in [0.15, 0.2) is 36.4 Å². The third-order valence-corrected chi connectivity index (χ3v) is 3.77. The Balaban J connectivity index is 2.59. The van der Waals surface area contributed by atoms with Crippen molar-refractivity contribution >= 4 is 5.57 Å². The van der Waals surface area contributed by atoms with Gasteiger partial charge in [0, 0.05) is 0 Å². The van der Waals surface area contributed by atoms with Crippen molar-refractivity contribution in [2.75, 3.05) is 0 Å². The SMILES string of the molecule is CC(C)(C)c1cc(C2=CCC=C2)cc(C(C)(C)C)c1. The fourth-order valence-corrected chi connectivity index (χ4v) is 2.33. The molecule has 0 spiro atoms. The van der Waals surface area contributed by atoms with E-state index in [9.17, 15) is 0 Å².